The molecule has 0 aliphatic rings. The van der Waals surface area contributed by atoms with Crippen LogP contribution in [0.2, 0.25) is 0 Å². The largest absolute Gasteiger partial charge is 0.334 e. The monoisotopic (exact) mass is 493 g/mol. The summed E-state index contributed by atoms with van der Waals surface area (Å²) in [6.07, 6.45) is 0. The molecular weight excluding hydrogens is 478 g/mol. The minimum Gasteiger partial charge on any atom is -0.334 e. The van der Waals surface area contributed by atoms with Gasteiger partial charge in [0.25, 0.3) is 0 Å². The molecule has 0 amide bonds. The van der Waals surface area contributed by atoms with Crippen LogP contribution < -0.4 is 5.43 Å². The van der Waals surface area contributed by atoms with Gasteiger partial charge in [0.1, 0.15) is 0 Å². The summed E-state index contributed by atoms with van der Waals surface area (Å²) in [5, 5.41) is 0. The number of benzene rings is 3. The Morgan fingerprint density at radius 2 is 1.00 bits per heavy atom. The van der Waals surface area contributed by atoms with Gasteiger partial charge in [-0.3, -0.25) is 4.79 Å². The molecule has 0 bridgehead atoms. The Bertz CT molecular complexity index is 1080. The van der Waals surface area contributed by atoms with Gasteiger partial charge in [0.05, 0.1) is 20.3 Å². The summed E-state index contributed by atoms with van der Waals surface area (Å²) in [4.78, 5) is 13.1. The highest BCUT2D eigenvalue weighted by Crippen LogP contribution is 2.35. The van der Waals surface area contributed by atoms with E-state index in [0.717, 1.165) is 22.5 Å². The van der Waals surface area contributed by atoms with Crippen molar-refractivity contribution < 1.29 is 0 Å². The first kappa shape index (κ1) is 18.9. The van der Waals surface area contributed by atoms with E-state index in [1.807, 2.05) is 78.9 Å². The molecule has 4 rings (SSSR count). The van der Waals surface area contributed by atoms with Crippen molar-refractivity contribution in [1.82, 2.24) is 4.57 Å². The van der Waals surface area contributed by atoms with Crippen molar-refractivity contribution in [3.63, 3.8) is 0 Å². The van der Waals surface area contributed by atoms with Crippen LogP contribution >= 0.6 is 31.9 Å². The predicted molar refractivity (Wildman–Crippen MR) is 123 cm³/mol. The zero-order chi connectivity index (χ0) is 19.5. The normalized spacial score (nSPS) is 10.8. The second kappa shape index (κ2) is 8.29. The van der Waals surface area contributed by atoms with Crippen LogP contribution in [0.15, 0.2) is 105 Å². The van der Waals surface area contributed by atoms with Crippen LogP contribution in [0, 0.1) is 0 Å². The van der Waals surface area contributed by atoms with E-state index < -0.39 is 0 Å². The molecule has 0 aliphatic carbocycles. The maximum absolute atomic E-state index is 13.1. The van der Waals surface area contributed by atoms with Crippen molar-refractivity contribution in [3.8, 4) is 22.5 Å². The molecule has 1 heterocycles. The summed E-state index contributed by atoms with van der Waals surface area (Å²) >= 11 is 7.15. The second-order valence-electron chi connectivity index (χ2n) is 6.46. The minimum atomic E-state index is -0.0537. The molecule has 0 saturated heterocycles. The van der Waals surface area contributed by atoms with Gasteiger partial charge in [-0.05, 0) is 48.6 Å². The first-order valence-electron chi connectivity index (χ1n) is 8.93. The molecule has 138 valence electrons. The van der Waals surface area contributed by atoms with E-state index in [0.29, 0.717) is 15.5 Å². The van der Waals surface area contributed by atoms with Crippen molar-refractivity contribution in [1.29, 1.82) is 0 Å². The van der Waals surface area contributed by atoms with Gasteiger partial charge in [-0.15, -0.1) is 0 Å². The smallest absolute Gasteiger partial charge is 0.211 e. The molecule has 0 aliphatic heterocycles. The van der Waals surface area contributed by atoms with Crippen molar-refractivity contribution in [2.75, 3.05) is 0 Å². The highest BCUT2D eigenvalue weighted by molar-refractivity contribution is 9.11. The number of hydrogen-bond acceptors (Lipinski definition) is 1. The Morgan fingerprint density at radius 1 is 0.607 bits per heavy atom. The zero-order valence-corrected chi connectivity index (χ0v) is 18.2. The third-order valence-corrected chi connectivity index (χ3v) is 6.10. The summed E-state index contributed by atoms with van der Waals surface area (Å²) in [6, 6.07) is 30.3. The number of halogens is 2. The third-order valence-electron chi connectivity index (χ3n) is 4.63. The number of rotatable bonds is 4. The molecule has 0 spiro atoms. The Balaban J connectivity index is 2.08. The van der Waals surface area contributed by atoms with Crippen molar-refractivity contribution in [2.45, 2.75) is 6.54 Å². The Kier molecular flexibility index (Phi) is 5.60. The van der Waals surface area contributed by atoms with Crippen LogP contribution in [-0.2, 0) is 6.54 Å². The average Bonchev–Trinajstić information content (AvgIpc) is 2.75. The molecule has 0 atom stereocenters. The van der Waals surface area contributed by atoms with Gasteiger partial charge < -0.3 is 4.57 Å². The summed E-state index contributed by atoms with van der Waals surface area (Å²) in [6.45, 7) is 0.646. The summed E-state index contributed by atoms with van der Waals surface area (Å²) < 4.78 is 3.32. The second-order valence-corrected chi connectivity index (χ2v) is 8.04. The van der Waals surface area contributed by atoms with Gasteiger partial charge in [0, 0.05) is 6.54 Å². The predicted octanol–water partition coefficient (Wildman–Crippen LogP) is 6.76. The van der Waals surface area contributed by atoms with Crippen LogP contribution in [0.5, 0.6) is 0 Å². The number of aromatic nitrogens is 1. The molecule has 1 aromatic heterocycles. The van der Waals surface area contributed by atoms with Gasteiger partial charge >= 0.3 is 0 Å². The summed E-state index contributed by atoms with van der Waals surface area (Å²) in [5.74, 6) is 0. The van der Waals surface area contributed by atoms with Gasteiger partial charge in [0.2, 0.25) is 5.43 Å². The maximum atomic E-state index is 13.1. The quantitative estimate of drug-likeness (QED) is 0.307. The average molecular weight is 495 g/mol. The van der Waals surface area contributed by atoms with Crippen molar-refractivity contribution in [2.24, 2.45) is 0 Å². The molecule has 0 fully saturated rings. The lowest BCUT2D eigenvalue weighted by Gasteiger charge is -2.22. The Hall–Kier alpha value is -2.43. The first-order chi connectivity index (χ1) is 13.7. The lowest BCUT2D eigenvalue weighted by molar-refractivity contribution is 0.800. The molecule has 0 unspecified atom stereocenters. The van der Waals surface area contributed by atoms with Gasteiger partial charge in [-0.1, -0.05) is 91.0 Å². The first-order valence-corrected chi connectivity index (χ1v) is 10.5. The Labute approximate surface area is 180 Å². The fourth-order valence-electron chi connectivity index (χ4n) is 3.34. The molecule has 28 heavy (non-hydrogen) atoms. The highest BCUT2D eigenvalue weighted by Gasteiger charge is 2.21. The van der Waals surface area contributed by atoms with Crippen molar-refractivity contribution >= 4 is 31.9 Å². The lowest BCUT2D eigenvalue weighted by Crippen LogP contribution is -2.17. The maximum Gasteiger partial charge on any atom is 0.211 e. The lowest BCUT2D eigenvalue weighted by atomic mass is 10.1. The third kappa shape index (κ3) is 3.62. The van der Waals surface area contributed by atoms with Crippen LogP contribution in [0.3, 0.4) is 0 Å². The number of nitrogens with zero attached hydrogens (tertiary/aromatic N) is 1. The van der Waals surface area contributed by atoms with E-state index in [1.54, 1.807) is 0 Å². The fraction of sp³-hybridized carbons (Fsp3) is 0.0417. The van der Waals surface area contributed by atoms with Gasteiger partial charge in [-0.25, -0.2) is 0 Å². The van der Waals surface area contributed by atoms with Crippen LogP contribution in [0.1, 0.15) is 5.56 Å². The van der Waals surface area contributed by atoms with Gasteiger partial charge in [0.15, 0.2) is 0 Å². The SMILES string of the molecule is O=c1c(Br)c(-c2ccccc2)n(Cc2ccccc2)c(-c2ccccc2)c1Br. The van der Waals surface area contributed by atoms with E-state index in [1.165, 1.54) is 5.56 Å². The molecular formula is C24H17Br2NO. The van der Waals surface area contributed by atoms with E-state index >= 15 is 0 Å². The molecule has 4 heteroatoms. The van der Waals surface area contributed by atoms with E-state index in [-0.39, 0.29) is 5.43 Å². The minimum absolute atomic E-state index is 0.0537. The van der Waals surface area contributed by atoms with Crippen LogP contribution in [0.25, 0.3) is 22.5 Å². The molecule has 0 radical (unpaired) electrons. The highest BCUT2D eigenvalue weighted by atomic mass is 79.9. The van der Waals surface area contributed by atoms with Gasteiger partial charge in [-0.2, -0.15) is 0 Å². The molecule has 3 aromatic carbocycles. The molecule has 0 saturated carbocycles. The van der Waals surface area contributed by atoms with Crippen molar-refractivity contribution in [3.05, 3.63) is 116 Å². The molecule has 4 aromatic rings. The molecule has 2 nitrogen and oxygen atoms in total. The molecule has 0 N–H and O–H groups in total. The fourth-order valence-corrected chi connectivity index (χ4v) is 4.89. The number of hydrogen-bond donors (Lipinski definition) is 0. The summed E-state index contributed by atoms with van der Waals surface area (Å²) in [7, 11) is 0. The zero-order valence-electron chi connectivity index (χ0n) is 15.0. The van der Waals surface area contributed by atoms with E-state index in [2.05, 4.69) is 48.6 Å². The topological polar surface area (TPSA) is 22.0 Å². The standard InChI is InChI=1S/C24H17Br2NO/c25-20-22(18-12-6-2-7-13-18)27(16-17-10-4-1-5-11-17)23(21(26)24(20)28)19-14-8-3-9-15-19/h1-15H,16H2. The van der Waals surface area contributed by atoms with E-state index in [4.69, 9.17) is 0 Å². The van der Waals surface area contributed by atoms with Crippen LogP contribution in [0.4, 0.5) is 0 Å². The summed E-state index contributed by atoms with van der Waals surface area (Å²) in [5.41, 5.74) is 4.84. The van der Waals surface area contributed by atoms with Crippen LogP contribution in [-0.4, -0.2) is 4.57 Å². The number of pyridine rings is 1. The Morgan fingerprint density at radius 3 is 1.43 bits per heavy atom. The van der Waals surface area contributed by atoms with E-state index in [9.17, 15) is 4.79 Å².